The van der Waals surface area contributed by atoms with Crippen molar-refractivity contribution >= 4 is 11.9 Å². The second-order valence-corrected chi connectivity index (χ2v) is 7.57. The van der Waals surface area contributed by atoms with Gasteiger partial charge in [-0.2, -0.15) is 0 Å². The number of aromatic hydroxyl groups is 1. The van der Waals surface area contributed by atoms with Crippen LogP contribution >= 0.6 is 0 Å². The van der Waals surface area contributed by atoms with E-state index in [-0.39, 0.29) is 17.4 Å². The van der Waals surface area contributed by atoms with Gasteiger partial charge in [0.2, 0.25) is 0 Å². The van der Waals surface area contributed by atoms with Crippen molar-refractivity contribution in [3.63, 3.8) is 0 Å². The van der Waals surface area contributed by atoms with Crippen LogP contribution in [-0.4, -0.2) is 54.4 Å². The van der Waals surface area contributed by atoms with Gasteiger partial charge < -0.3 is 24.6 Å². The Hall–Kier alpha value is -3.13. The second-order valence-electron chi connectivity index (χ2n) is 7.57. The fourth-order valence-corrected chi connectivity index (χ4v) is 3.13. The van der Waals surface area contributed by atoms with E-state index in [4.69, 9.17) is 14.2 Å². The monoisotopic (exact) mass is 444 g/mol. The predicted molar refractivity (Wildman–Crippen MR) is 120 cm³/mol. The molecule has 0 fully saturated rings. The maximum absolute atomic E-state index is 12.6. The van der Waals surface area contributed by atoms with Gasteiger partial charge >= 0.3 is 5.97 Å². The summed E-state index contributed by atoms with van der Waals surface area (Å²) in [5.74, 6) is -1.60. The molecule has 8 heteroatoms. The smallest absolute Gasteiger partial charge is 0.328 e. The van der Waals surface area contributed by atoms with Crippen LogP contribution in [0.5, 0.6) is 11.5 Å². The number of ether oxygens (including phenoxy) is 3. The van der Waals surface area contributed by atoms with Crippen molar-refractivity contribution in [2.45, 2.75) is 45.8 Å². The SMILES string of the molecule is CCCOC[C@@H](Cc1ccccc1)[C@H](C)OC(=O)[C@H](C)NC(=O)c1nccc(OC)c1O. The number of esters is 1. The van der Waals surface area contributed by atoms with Crippen molar-refractivity contribution in [2.24, 2.45) is 5.92 Å². The van der Waals surface area contributed by atoms with Gasteiger partial charge in [-0.25, -0.2) is 9.78 Å². The molecule has 174 valence electrons. The molecular weight excluding hydrogens is 412 g/mol. The third kappa shape index (κ3) is 7.23. The number of methoxy groups -OCH3 is 1. The molecule has 1 heterocycles. The fourth-order valence-electron chi connectivity index (χ4n) is 3.13. The van der Waals surface area contributed by atoms with Crippen LogP contribution in [0.4, 0.5) is 0 Å². The minimum absolute atomic E-state index is 0.0418. The van der Waals surface area contributed by atoms with Crippen LogP contribution < -0.4 is 10.1 Å². The number of benzene rings is 1. The summed E-state index contributed by atoms with van der Waals surface area (Å²) in [5.41, 5.74) is 0.897. The van der Waals surface area contributed by atoms with E-state index >= 15 is 0 Å². The first-order valence-corrected chi connectivity index (χ1v) is 10.7. The normalized spacial score (nSPS) is 13.6. The van der Waals surface area contributed by atoms with E-state index in [0.29, 0.717) is 19.6 Å². The number of pyridine rings is 1. The molecule has 2 aromatic rings. The average molecular weight is 445 g/mol. The van der Waals surface area contributed by atoms with Crippen LogP contribution in [0, 0.1) is 5.92 Å². The number of aromatic nitrogens is 1. The Morgan fingerprint density at radius 2 is 1.88 bits per heavy atom. The van der Waals surface area contributed by atoms with Crippen molar-refractivity contribution in [1.29, 1.82) is 0 Å². The van der Waals surface area contributed by atoms with Crippen LogP contribution in [0.25, 0.3) is 0 Å². The first-order valence-electron chi connectivity index (χ1n) is 10.7. The summed E-state index contributed by atoms with van der Waals surface area (Å²) in [5, 5.41) is 12.6. The fraction of sp³-hybridized carbons (Fsp3) is 0.458. The maximum atomic E-state index is 12.6. The van der Waals surface area contributed by atoms with E-state index < -0.39 is 29.8 Å². The second kappa shape index (κ2) is 12.7. The maximum Gasteiger partial charge on any atom is 0.328 e. The van der Waals surface area contributed by atoms with Crippen LogP contribution in [-0.2, 0) is 20.7 Å². The van der Waals surface area contributed by atoms with E-state index in [1.54, 1.807) is 0 Å². The van der Waals surface area contributed by atoms with Gasteiger partial charge in [-0.15, -0.1) is 0 Å². The first kappa shape index (κ1) is 25.1. The van der Waals surface area contributed by atoms with Crippen molar-refractivity contribution in [1.82, 2.24) is 10.3 Å². The Morgan fingerprint density at radius 1 is 1.16 bits per heavy atom. The molecule has 8 nitrogen and oxygen atoms in total. The molecule has 3 atom stereocenters. The molecule has 0 aliphatic heterocycles. The van der Waals surface area contributed by atoms with Gasteiger partial charge in [0, 0.05) is 24.8 Å². The lowest BCUT2D eigenvalue weighted by Gasteiger charge is -2.25. The third-order valence-corrected chi connectivity index (χ3v) is 5.01. The zero-order valence-electron chi connectivity index (χ0n) is 19.0. The van der Waals surface area contributed by atoms with Gasteiger partial charge in [-0.05, 0) is 32.3 Å². The summed E-state index contributed by atoms with van der Waals surface area (Å²) in [6, 6.07) is 10.4. The van der Waals surface area contributed by atoms with Crippen LogP contribution in [0.15, 0.2) is 42.6 Å². The Labute approximate surface area is 188 Å². The summed E-state index contributed by atoms with van der Waals surface area (Å²) < 4.78 is 16.4. The van der Waals surface area contributed by atoms with E-state index in [9.17, 15) is 14.7 Å². The van der Waals surface area contributed by atoms with Gasteiger partial charge in [0.15, 0.2) is 17.2 Å². The largest absolute Gasteiger partial charge is 0.503 e. The molecule has 0 saturated carbocycles. The molecule has 1 aromatic heterocycles. The molecule has 0 aliphatic carbocycles. The van der Waals surface area contributed by atoms with Crippen LogP contribution in [0.3, 0.4) is 0 Å². The van der Waals surface area contributed by atoms with Gasteiger partial charge in [-0.1, -0.05) is 37.3 Å². The van der Waals surface area contributed by atoms with Crippen molar-refractivity contribution < 1.29 is 28.9 Å². The van der Waals surface area contributed by atoms with Crippen molar-refractivity contribution in [2.75, 3.05) is 20.3 Å². The molecule has 2 N–H and O–H groups in total. The standard InChI is InChI=1S/C24H32N2O6/c1-5-13-31-15-19(14-18-9-7-6-8-10-18)17(3)32-24(29)16(2)26-23(28)21-22(27)20(30-4)11-12-25-21/h6-12,16-17,19,27H,5,13-15H2,1-4H3,(H,26,28)/t16-,17-,19+/m0/s1. The number of hydrogen-bond acceptors (Lipinski definition) is 7. The molecule has 0 aliphatic rings. The molecular formula is C24H32N2O6. The van der Waals surface area contributed by atoms with Crippen LogP contribution in [0.1, 0.15) is 43.2 Å². The minimum Gasteiger partial charge on any atom is -0.503 e. The third-order valence-electron chi connectivity index (χ3n) is 5.01. The molecule has 32 heavy (non-hydrogen) atoms. The van der Waals surface area contributed by atoms with Crippen molar-refractivity contribution in [3.8, 4) is 11.5 Å². The topological polar surface area (TPSA) is 107 Å². The molecule has 0 bridgehead atoms. The minimum atomic E-state index is -0.939. The number of carbonyl (C=O) groups excluding carboxylic acids is 2. The molecule has 0 unspecified atom stereocenters. The Bertz CT molecular complexity index is 874. The Kier molecular flexibility index (Phi) is 9.94. The lowest BCUT2D eigenvalue weighted by molar-refractivity contribution is -0.153. The highest BCUT2D eigenvalue weighted by molar-refractivity contribution is 5.97. The summed E-state index contributed by atoms with van der Waals surface area (Å²) in [6.45, 7) is 6.47. The molecule has 1 amide bonds. The lowest BCUT2D eigenvalue weighted by Crippen LogP contribution is -2.42. The Morgan fingerprint density at radius 3 is 2.53 bits per heavy atom. The molecule has 1 aromatic carbocycles. The highest BCUT2D eigenvalue weighted by Gasteiger charge is 2.27. The van der Waals surface area contributed by atoms with E-state index in [0.717, 1.165) is 12.0 Å². The highest BCUT2D eigenvalue weighted by Crippen LogP contribution is 2.27. The first-order chi connectivity index (χ1) is 15.4. The Balaban J connectivity index is 2.00. The quantitative estimate of drug-likeness (QED) is 0.383. The number of nitrogens with zero attached hydrogens (tertiary/aromatic N) is 1. The summed E-state index contributed by atoms with van der Waals surface area (Å²) in [4.78, 5) is 29.0. The summed E-state index contributed by atoms with van der Waals surface area (Å²) >= 11 is 0. The van der Waals surface area contributed by atoms with Gasteiger partial charge in [0.25, 0.3) is 5.91 Å². The summed E-state index contributed by atoms with van der Waals surface area (Å²) in [7, 11) is 1.37. The number of rotatable bonds is 12. The average Bonchev–Trinajstić information content (AvgIpc) is 2.79. The molecule has 2 rings (SSSR count). The van der Waals surface area contributed by atoms with E-state index in [1.807, 2.05) is 44.2 Å². The zero-order chi connectivity index (χ0) is 23.5. The molecule has 0 saturated heterocycles. The lowest BCUT2D eigenvalue weighted by atomic mass is 9.95. The number of amides is 1. The van der Waals surface area contributed by atoms with Crippen molar-refractivity contribution in [3.05, 3.63) is 53.9 Å². The van der Waals surface area contributed by atoms with Gasteiger partial charge in [0.1, 0.15) is 12.1 Å². The van der Waals surface area contributed by atoms with Gasteiger partial charge in [0.05, 0.1) is 13.7 Å². The van der Waals surface area contributed by atoms with E-state index in [1.165, 1.54) is 26.3 Å². The highest BCUT2D eigenvalue weighted by atomic mass is 16.5. The molecule has 0 spiro atoms. The molecule has 0 radical (unpaired) electrons. The van der Waals surface area contributed by atoms with E-state index in [2.05, 4.69) is 10.3 Å². The zero-order valence-corrected chi connectivity index (χ0v) is 19.0. The number of hydrogen-bond donors (Lipinski definition) is 2. The van der Waals surface area contributed by atoms with Gasteiger partial charge in [-0.3, -0.25) is 4.79 Å². The predicted octanol–water partition coefficient (Wildman–Crippen LogP) is 3.13. The van der Waals surface area contributed by atoms with Crippen LogP contribution in [0.2, 0.25) is 0 Å². The number of carbonyl (C=O) groups is 2. The number of nitrogens with one attached hydrogen (secondary N) is 1. The summed E-state index contributed by atoms with van der Waals surface area (Å²) in [6.07, 6.45) is 2.51.